The van der Waals surface area contributed by atoms with E-state index in [2.05, 4.69) is 20.7 Å². The first kappa shape index (κ1) is 21.0. The summed E-state index contributed by atoms with van der Waals surface area (Å²) in [6, 6.07) is 18.7. The monoisotopic (exact) mass is 476 g/mol. The lowest BCUT2D eigenvalue weighted by atomic mass is 10.1. The van der Waals surface area contributed by atoms with Crippen LogP contribution in [0.25, 0.3) is 0 Å². The number of benzene rings is 3. The number of carbonyl (C=O) groups excluding carboxylic acids is 1. The number of rotatable bonds is 6. The number of sulfonamides is 1. The highest BCUT2D eigenvalue weighted by Gasteiger charge is 2.17. The Morgan fingerprint density at radius 2 is 1.76 bits per heavy atom. The fourth-order valence-corrected chi connectivity index (χ4v) is 4.22. The van der Waals surface area contributed by atoms with Crippen LogP contribution in [-0.2, 0) is 16.6 Å². The van der Waals surface area contributed by atoms with E-state index in [-0.39, 0.29) is 28.6 Å². The summed E-state index contributed by atoms with van der Waals surface area (Å²) in [5.41, 5.74) is 0.925. The molecule has 1 N–H and O–H groups in total. The lowest BCUT2D eigenvalue weighted by Crippen LogP contribution is -2.26. The molecule has 0 bridgehead atoms. The highest BCUT2D eigenvalue weighted by atomic mass is 79.9. The fraction of sp³-hybridized carbons (Fsp3) is 0.0952. The predicted octanol–water partition coefficient (Wildman–Crippen LogP) is 4.66. The molecule has 150 valence electrons. The quantitative estimate of drug-likeness (QED) is 0.562. The Labute approximate surface area is 177 Å². The normalized spacial score (nSPS) is 11.1. The molecule has 29 heavy (non-hydrogen) atoms. The van der Waals surface area contributed by atoms with Gasteiger partial charge in [0.2, 0.25) is 0 Å². The number of anilines is 1. The molecule has 0 aliphatic heterocycles. The maximum Gasteiger partial charge on any atom is 0.261 e. The maximum atomic E-state index is 14.0. The number of halogens is 2. The van der Waals surface area contributed by atoms with Crippen molar-refractivity contribution in [3.63, 3.8) is 0 Å². The standard InChI is InChI=1S/C21H18BrFN2O3S/c1-25(14-16-12-17(22)10-11-20(16)23)21(26)15-6-5-7-18(13-15)24-29(27,28)19-8-3-2-4-9-19/h2-13,24H,14H2,1H3. The minimum Gasteiger partial charge on any atom is -0.337 e. The summed E-state index contributed by atoms with van der Waals surface area (Å²) in [4.78, 5) is 14.2. The zero-order valence-electron chi connectivity index (χ0n) is 15.5. The molecular formula is C21H18BrFN2O3S. The Balaban J connectivity index is 1.78. The van der Waals surface area contributed by atoms with Crippen LogP contribution < -0.4 is 4.72 Å². The van der Waals surface area contributed by atoms with Crippen LogP contribution in [0.15, 0.2) is 82.2 Å². The summed E-state index contributed by atoms with van der Waals surface area (Å²) < 4.78 is 42.1. The summed E-state index contributed by atoms with van der Waals surface area (Å²) >= 11 is 3.29. The average Bonchev–Trinajstić information content (AvgIpc) is 2.70. The molecule has 3 aromatic carbocycles. The van der Waals surface area contributed by atoms with Crippen LogP contribution in [0.5, 0.6) is 0 Å². The zero-order valence-corrected chi connectivity index (χ0v) is 17.9. The van der Waals surface area contributed by atoms with Crippen molar-refractivity contribution in [3.05, 3.63) is 94.2 Å². The third-order valence-corrected chi connectivity index (χ3v) is 6.07. The molecule has 0 radical (unpaired) electrons. The van der Waals surface area contributed by atoms with Crippen LogP contribution in [0.2, 0.25) is 0 Å². The summed E-state index contributed by atoms with van der Waals surface area (Å²) in [5.74, 6) is -0.762. The van der Waals surface area contributed by atoms with E-state index < -0.39 is 15.8 Å². The Kier molecular flexibility index (Phi) is 6.34. The van der Waals surface area contributed by atoms with Crippen LogP contribution in [0, 0.1) is 5.82 Å². The number of amides is 1. The number of hydrogen-bond donors (Lipinski definition) is 1. The van der Waals surface area contributed by atoms with Gasteiger partial charge in [-0.15, -0.1) is 0 Å². The van der Waals surface area contributed by atoms with Gasteiger partial charge in [0, 0.05) is 34.9 Å². The smallest absolute Gasteiger partial charge is 0.261 e. The second kappa shape index (κ2) is 8.75. The van der Waals surface area contributed by atoms with Gasteiger partial charge in [0.25, 0.3) is 15.9 Å². The van der Waals surface area contributed by atoms with Crippen molar-refractivity contribution in [1.29, 1.82) is 0 Å². The van der Waals surface area contributed by atoms with Crippen LogP contribution in [0.1, 0.15) is 15.9 Å². The molecule has 1 amide bonds. The van der Waals surface area contributed by atoms with E-state index in [1.165, 1.54) is 29.2 Å². The zero-order chi connectivity index (χ0) is 21.0. The van der Waals surface area contributed by atoms with Gasteiger partial charge in [0.1, 0.15) is 5.82 Å². The average molecular weight is 477 g/mol. The molecule has 0 atom stereocenters. The molecule has 0 fully saturated rings. The minimum atomic E-state index is -3.76. The van der Waals surface area contributed by atoms with E-state index in [0.29, 0.717) is 10.0 Å². The van der Waals surface area contributed by atoms with Crippen LogP contribution in [0.4, 0.5) is 10.1 Å². The van der Waals surface area contributed by atoms with Crippen LogP contribution in [-0.4, -0.2) is 26.3 Å². The Bertz CT molecular complexity index is 1140. The Hall–Kier alpha value is -2.71. The van der Waals surface area contributed by atoms with Crippen molar-refractivity contribution in [1.82, 2.24) is 4.90 Å². The molecule has 3 rings (SSSR count). The molecule has 0 aliphatic carbocycles. The highest BCUT2D eigenvalue weighted by Crippen LogP contribution is 2.20. The van der Waals surface area contributed by atoms with Gasteiger partial charge in [-0.05, 0) is 48.5 Å². The van der Waals surface area contributed by atoms with E-state index >= 15 is 0 Å². The van der Waals surface area contributed by atoms with Crippen molar-refractivity contribution in [3.8, 4) is 0 Å². The van der Waals surface area contributed by atoms with E-state index in [0.717, 1.165) is 0 Å². The second-order valence-electron chi connectivity index (χ2n) is 6.40. The molecule has 0 unspecified atom stereocenters. The summed E-state index contributed by atoms with van der Waals surface area (Å²) in [5, 5.41) is 0. The first-order chi connectivity index (χ1) is 13.8. The molecule has 8 heteroatoms. The van der Waals surface area contributed by atoms with Crippen molar-refractivity contribution < 1.29 is 17.6 Å². The van der Waals surface area contributed by atoms with Gasteiger partial charge in [0.15, 0.2) is 0 Å². The van der Waals surface area contributed by atoms with Crippen LogP contribution in [0.3, 0.4) is 0 Å². The number of carbonyl (C=O) groups is 1. The lowest BCUT2D eigenvalue weighted by molar-refractivity contribution is 0.0784. The summed E-state index contributed by atoms with van der Waals surface area (Å²) in [6.45, 7) is 0.0735. The third kappa shape index (κ3) is 5.21. The fourth-order valence-electron chi connectivity index (χ4n) is 2.74. The Morgan fingerprint density at radius 1 is 1.03 bits per heavy atom. The Morgan fingerprint density at radius 3 is 2.48 bits per heavy atom. The van der Waals surface area contributed by atoms with Crippen molar-refractivity contribution in [2.75, 3.05) is 11.8 Å². The minimum absolute atomic E-state index is 0.0735. The maximum absolute atomic E-state index is 14.0. The van der Waals surface area contributed by atoms with Crippen LogP contribution >= 0.6 is 15.9 Å². The molecule has 0 aromatic heterocycles. The molecule has 0 saturated carbocycles. The van der Waals surface area contributed by atoms with Gasteiger partial charge in [-0.25, -0.2) is 12.8 Å². The molecule has 5 nitrogen and oxygen atoms in total. The second-order valence-corrected chi connectivity index (χ2v) is 8.99. The van der Waals surface area contributed by atoms with Gasteiger partial charge in [-0.1, -0.05) is 40.2 Å². The highest BCUT2D eigenvalue weighted by molar-refractivity contribution is 9.10. The van der Waals surface area contributed by atoms with E-state index in [1.54, 1.807) is 55.6 Å². The van der Waals surface area contributed by atoms with Crippen molar-refractivity contribution in [2.45, 2.75) is 11.4 Å². The molecular weight excluding hydrogens is 459 g/mol. The number of nitrogens with one attached hydrogen (secondary N) is 1. The SMILES string of the molecule is CN(Cc1cc(Br)ccc1F)C(=O)c1cccc(NS(=O)(=O)c2ccccc2)c1. The lowest BCUT2D eigenvalue weighted by Gasteiger charge is -2.18. The predicted molar refractivity (Wildman–Crippen MR) is 114 cm³/mol. The first-order valence-corrected chi connectivity index (χ1v) is 10.9. The van der Waals surface area contributed by atoms with Gasteiger partial charge in [-0.3, -0.25) is 9.52 Å². The third-order valence-electron chi connectivity index (χ3n) is 4.18. The van der Waals surface area contributed by atoms with Crippen molar-refractivity contribution in [2.24, 2.45) is 0 Å². The van der Waals surface area contributed by atoms with Gasteiger partial charge in [-0.2, -0.15) is 0 Å². The molecule has 0 aliphatic rings. The summed E-state index contributed by atoms with van der Waals surface area (Å²) in [6.07, 6.45) is 0. The van der Waals surface area contributed by atoms with Gasteiger partial charge in [0.05, 0.1) is 4.90 Å². The number of nitrogens with zero attached hydrogens (tertiary/aromatic N) is 1. The van der Waals surface area contributed by atoms with E-state index in [9.17, 15) is 17.6 Å². The summed E-state index contributed by atoms with van der Waals surface area (Å²) in [7, 11) is -2.21. The first-order valence-electron chi connectivity index (χ1n) is 8.63. The largest absolute Gasteiger partial charge is 0.337 e. The molecule has 0 heterocycles. The van der Waals surface area contributed by atoms with E-state index in [4.69, 9.17) is 0 Å². The number of hydrogen-bond acceptors (Lipinski definition) is 3. The van der Waals surface area contributed by atoms with Gasteiger partial charge < -0.3 is 4.90 Å². The molecule has 0 saturated heterocycles. The van der Waals surface area contributed by atoms with E-state index in [1.807, 2.05) is 0 Å². The van der Waals surface area contributed by atoms with Gasteiger partial charge >= 0.3 is 0 Å². The van der Waals surface area contributed by atoms with Crippen molar-refractivity contribution >= 4 is 37.5 Å². The topological polar surface area (TPSA) is 66.5 Å². The molecule has 3 aromatic rings. The molecule has 0 spiro atoms.